The number of pyridine rings is 1. The molecule has 1 N–H and O–H groups in total. The van der Waals surface area contributed by atoms with Gasteiger partial charge in [0.05, 0.1) is 12.8 Å². The van der Waals surface area contributed by atoms with Crippen molar-refractivity contribution in [1.82, 2.24) is 9.55 Å². The fourth-order valence-electron chi connectivity index (χ4n) is 2.32. The summed E-state index contributed by atoms with van der Waals surface area (Å²) in [6.45, 7) is 1.61. The lowest BCUT2D eigenvalue weighted by molar-refractivity contribution is -0.118. The highest BCUT2D eigenvalue weighted by atomic mass is 16.5. The summed E-state index contributed by atoms with van der Waals surface area (Å²) < 4.78 is 11.5. The molecule has 0 saturated carbocycles. The Morgan fingerprint density at radius 2 is 2.09 bits per heavy atom. The zero-order chi connectivity index (χ0) is 16.4. The number of para-hydroxylation sites is 2. The van der Waals surface area contributed by atoms with Crippen LogP contribution in [-0.4, -0.2) is 22.6 Å². The summed E-state index contributed by atoms with van der Waals surface area (Å²) in [7, 11) is 1.52. The highest BCUT2D eigenvalue weighted by Crippen LogP contribution is 2.24. The molecule has 1 unspecified atom stereocenters. The summed E-state index contributed by atoms with van der Waals surface area (Å²) in [5.74, 6) is -0.457. The zero-order valence-corrected chi connectivity index (χ0v) is 12.6. The van der Waals surface area contributed by atoms with Gasteiger partial charge < -0.3 is 14.5 Å². The molecule has 118 valence electrons. The molecule has 0 aliphatic rings. The van der Waals surface area contributed by atoms with Gasteiger partial charge >= 0.3 is 5.76 Å². The number of amides is 1. The molecule has 2 heterocycles. The van der Waals surface area contributed by atoms with Gasteiger partial charge in [0.25, 0.3) is 0 Å². The zero-order valence-electron chi connectivity index (χ0n) is 12.6. The van der Waals surface area contributed by atoms with Crippen LogP contribution in [0.5, 0.6) is 5.75 Å². The maximum atomic E-state index is 12.5. The van der Waals surface area contributed by atoms with Crippen LogP contribution in [0, 0.1) is 0 Å². The monoisotopic (exact) mass is 313 g/mol. The van der Waals surface area contributed by atoms with Crippen LogP contribution >= 0.6 is 0 Å². The molecule has 0 radical (unpaired) electrons. The van der Waals surface area contributed by atoms with Crippen LogP contribution in [-0.2, 0) is 4.79 Å². The van der Waals surface area contributed by atoms with Crippen LogP contribution in [0.1, 0.15) is 13.0 Å². The number of anilines is 1. The second-order valence-corrected chi connectivity index (χ2v) is 4.93. The van der Waals surface area contributed by atoms with Crippen LogP contribution < -0.4 is 15.8 Å². The largest absolute Gasteiger partial charge is 0.495 e. The van der Waals surface area contributed by atoms with E-state index in [1.54, 1.807) is 49.5 Å². The second-order valence-electron chi connectivity index (χ2n) is 4.93. The lowest BCUT2D eigenvalue weighted by Crippen LogP contribution is -2.29. The number of rotatable bonds is 4. The highest BCUT2D eigenvalue weighted by Gasteiger charge is 2.22. The van der Waals surface area contributed by atoms with E-state index in [4.69, 9.17) is 9.15 Å². The smallest absolute Gasteiger partial charge is 0.421 e. The van der Waals surface area contributed by atoms with Gasteiger partial charge in [0.2, 0.25) is 5.91 Å². The molecular formula is C16H15N3O4. The van der Waals surface area contributed by atoms with Crippen molar-refractivity contribution in [3.05, 3.63) is 53.1 Å². The first-order valence-electron chi connectivity index (χ1n) is 7.01. The third-order valence-corrected chi connectivity index (χ3v) is 3.50. The Morgan fingerprint density at radius 1 is 1.30 bits per heavy atom. The van der Waals surface area contributed by atoms with Crippen molar-refractivity contribution in [3.63, 3.8) is 0 Å². The van der Waals surface area contributed by atoms with E-state index in [1.165, 1.54) is 11.7 Å². The van der Waals surface area contributed by atoms with Gasteiger partial charge in [0, 0.05) is 6.20 Å². The van der Waals surface area contributed by atoms with Crippen molar-refractivity contribution in [2.75, 3.05) is 12.4 Å². The molecule has 1 aromatic carbocycles. The van der Waals surface area contributed by atoms with Crippen molar-refractivity contribution in [2.45, 2.75) is 13.0 Å². The van der Waals surface area contributed by atoms with Crippen LogP contribution in [0.3, 0.4) is 0 Å². The Bertz CT molecular complexity index is 913. The van der Waals surface area contributed by atoms with Crippen molar-refractivity contribution in [1.29, 1.82) is 0 Å². The number of carbonyl (C=O) groups excluding carboxylic acids is 1. The lowest BCUT2D eigenvalue weighted by atomic mass is 10.2. The number of hydrogen-bond acceptors (Lipinski definition) is 5. The maximum absolute atomic E-state index is 12.5. The van der Waals surface area contributed by atoms with Gasteiger partial charge in [-0.2, -0.15) is 0 Å². The van der Waals surface area contributed by atoms with E-state index < -0.39 is 11.8 Å². The molecule has 0 saturated heterocycles. The topological polar surface area (TPSA) is 86.4 Å². The fraction of sp³-hybridized carbons (Fsp3) is 0.188. The third kappa shape index (κ3) is 2.68. The molecule has 7 nitrogen and oxygen atoms in total. The lowest BCUT2D eigenvalue weighted by Gasteiger charge is -2.14. The van der Waals surface area contributed by atoms with E-state index in [9.17, 15) is 9.59 Å². The average molecular weight is 313 g/mol. The summed E-state index contributed by atoms with van der Waals surface area (Å²) in [5.41, 5.74) is 1.20. The molecule has 1 amide bonds. The third-order valence-electron chi connectivity index (χ3n) is 3.50. The summed E-state index contributed by atoms with van der Waals surface area (Å²) in [5, 5.41) is 2.75. The quantitative estimate of drug-likeness (QED) is 0.798. The molecular weight excluding hydrogens is 298 g/mol. The van der Waals surface area contributed by atoms with E-state index in [0.29, 0.717) is 22.7 Å². The summed E-state index contributed by atoms with van der Waals surface area (Å²) in [6.07, 6.45) is 1.54. The Morgan fingerprint density at radius 3 is 2.87 bits per heavy atom. The first kappa shape index (κ1) is 14.8. The van der Waals surface area contributed by atoms with Gasteiger partial charge in [-0.15, -0.1) is 0 Å². The molecule has 2 aromatic heterocycles. The van der Waals surface area contributed by atoms with Crippen LogP contribution in [0.2, 0.25) is 0 Å². The summed E-state index contributed by atoms with van der Waals surface area (Å²) >= 11 is 0. The predicted octanol–water partition coefficient (Wildman–Crippen LogP) is 2.20. The van der Waals surface area contributed by atoms with Gasteiger partial charge in [0.1, 0.15) is 11.8 Å². The van der Waals surface area contributed by atoms with E-state index in [0.717, 1.165) is 0 Å². The number of aromatic nitrogens is 2. The minimum Gasteiger partial charge on any atom is -0.495 e. The normalized spacial score (nSPS) is 12.1. The van der Waals surface area contributed by atoms with Gasteiger partial charge in [-0.1, -0.05) is 12.1 Å². The van der Waals surface area contributed by atoms with E-state index >= 15 is 0 Å². The summed E-state index contributed by atoms with van der Waals surface area (Å²) in [6, 6.07) is 9.54. The number of nitrogens with one attached hydrogen (secondary N) is 1. The predicted molar refractivity (Wildman–Crippen MR) is 84.6 cm³/mol. The van der Waals surface area contributed by atoms with Gasteiger partial charge in [-0.3, -0.25) is 4.79 Å². The Hall–Kier alpha value is -3.09. The minimum atomic E-state index is -0.788. The molecule has 3 rings (SSSR count). The second kappa shape index (κ2) is 5.96. The molecule has 0 fully saturated rings. The number of nitrogens with zero attached hydrogens (tertiary/aromatic N) is 2. The number of ether oxygens (including phenoxy) is 1. The van der Waals surface area contributed by atoms with E-state index in [2.05, 4.69) is 10.3 Å². The van der Waals surface area contributed by atoms with Gasteiger partial charge in [-0.05, 0) is 31.2 Å². The van der Waals surface area contributed by atoms with Crippen LogP contribution in [0.25, 0.3) is 11.2 Å². The van der Waals surface area contributed by atoms with Gasteiger partial charge in [-0.25, -0.2) is 14.3 Å². The number of methoxy groups -OCH3 is 1. The van der Waals surface area contributed by atoms with E-state index in [1.807, 2.05) is 0 Å². The summed E-state index contributed by atoms with van der Waals surface area (Å²) in [4.78, 5) is 28.6. The van der Waals surface area contributed by atoms with Crippen LogP contribution in [0.15, 0.2) is 51.8 Å². The van der Waals surface area contributed by atoms with Crippen molar-refractivity contribution in [3.8, 4) is 5.75 Å². The minimum absolute atomic E-state index is 0.333. The molecule has 1 atom stereocenters. The molecule has 23 heavy (non-hydrogen) atoms. The average Bonchev–Trinajstić information content (AvgIpc) is 2.90. The number of oxazole rings is 1. The number of fused-ring (bicyclic) bond motifs is 1. The molecule has 0 spiro atoms. The van der Waals surface area contributed by atoms with E-state index in [-0.39, 0.29) is 5.91 Å². The Labute approximate surface area is 131 Å². The standard InChI is InChI=1S/C16H15N3O4/c1-10(15(20)18-11-6-3-4-7-12(11)22-2)19-14-13(23-16(19)21)8-5-9-17-14/h3-10H,1-2H3,(H,18,20). The van der Waals surface area contributed by atoms with Crippen molar-refractivity contribution in [2.24, 2.45) is 0 Å². The molecule has 0 aliphatic carbocycles. The SMILES string of the molecule is COc1ccccc1NC(=O)C(C)n1c(=O)oc2cccnc21. The van der Waals surface area contributed by atoms with Crippen molar-refractivity contribution < 1.29 is 13.9 Å². The van der Waals surface area contributed by atoms with Crippen molar-refractivity contribution >= 4 is 22.8 Å². The number of hydrogen-bond donors (Lipinski definition) is 1. The maximum Gasteiger partial charge on any atom is 0.421 e. The fourth-order valence-corrected chi connectivity index (χ4v) is 2.32. The van der Waals surface area contributed by atoms with Crippen LogP contribution in [0.4, 0.5) is 5.69 Å². The first-order valence-corrected chi connectivity index (χ1v) is 7.01. The Balaban J connectivity index is 1.93. The number of benzene rings is 1. The van der Waals surface area contributed by atoms with Gasteiger partial charge in [0.15, 0.2) is 11.2 Å². The number of carbonyl (C=O) groups is 1. The highest BCUT2D eigenvalue weighted by molar-refractivity contribution is 5.95. The molecule has 0 aliphatic heterocycles. The molecule has 0 bridgehead atoms. The molecule has 3 aromatic rings. The molecule has 7 heteroatoms. The Kier molecular flexibility index (Phi) is 3.84. The first-order chi connectivity index (χ1) is 11.1.